The lowest BCUT2D eigenvalue weighted by Crippen LogP contribution is -2.26. The molecule has 3 nitrogen and oxygen atoms in total. The fourth-order valence-corrected chi connectivity index (χ4v) is 3.14. The molecule has 0 atom stereocenters. The minimum Gasteiger partial charge on any atom is -0.342 e. The molecule has 0 aliphatic heterocycles. The summed E-state index contributed by atoms with van der Waals surface area (Å²) in [5, 5.41) is 0. The van der Waals surface area contributed by atoms with Gasteiger partial charge in [-0.2, -0.15) is 0 Å². The number of aromatic amines is 1. The summed E-state index contributed by atoms with van der Waals surface area (Å²) >= 11 is 3.50. The molecule has 0 unspecified atom stereocenters. The molecule has 1 aliphatic carbocycles. The molecule has 0 amide bonds. The van der Waals surface area contributed by atoms with Crippen molar-refractivity contribution in [2.45, 2.75) is 37.6 Å². The normalized spacial score (nSPS) is 23.5. The molecule has 4 heteroatoms. The molecular weight excluding hydrogens is 302 g/mol. The highest BCUT2D eigenvalue weighted by Gasteiger charge is 2.22. The van der Waals surface area contributed by atoms with Gasteiger partial charge in [0.2, 0.25) is 0 Å². The number of aromatic nitrogens is 2. The van der Waals surface area contributed by atoms with Crippen molar-refractivity contribution in [3.63, 3.8) is 0 Å². The smallest absolute Gasteiger partial charge is 0.109 e. The molecule has 3 N–H and O–H groups in total. The third kappa shape index (κ3) is 2.90. The summed E-state index contributed by atoms with van der Waals surface area (Å²) in [6.07, 6.45) is 6.44. The van der Waals surface area contributed by atoms with Gasteiger partial charge in [0.1, 0.15) is 5.82 Å². The summed E-state index contributed by atoms with van der Waals surface area (Å²) in [6, 6.07) is 8.66. The zero-order valence-electron chi connectivity index (χ0n) is 10.8. The Labute approximate surface area is 121 Å². The number of H-pyrrole nitrogens is 1. The van der Waals surface area contributed by atoms with Crippen molar-refractivity contribution < 1.29 is 0 Å². The molecule has 1 saturated carbocycles. The Morgan fingerprint density at radius 1 is 1.21 bits per heavy atom. The second kappa shape index (κ2) is 5.47. The summed E-state index contributed by atoms with van der Waals surface area (Å²) in [4.78, 5) is 8.03. The predicted octanol–water partition coefficient (Wildman–Crippen LogP) is 3.82. The highest BCUT2D eigenvalue weighted by molar-refractivity contribution is 9.10. The van der Waals surface area contributed by atoms with Crippen molar-refractivity contribution in [2.24, 2.45) is 5.73 Å². The zero-order valence-corrected chi connectivity index (χ0v) is 12.4. The van der Waals surface area contributed by atoms with E-state index in [0.29, 0.717) is 12.0 Å². The van der Waals surface area contributed by atoms with Crippen LogP contribution in [0.25, 0.3) is 11.3 Å². The number of hydrogen-bond donors (Lipinski definition) is 2. The van der Waals surface area contributed by atoms with E-state index < -0.39 is 0 Å². The van der Waals surface area contributed by atoms with E-state index in [4.69, 9.17) is 5.73 Å². The summed E-state index contributed by atoms with van der Waals surface area (Å²) in [7, 11) is 0. The largest absolute Gasteiger partial charge is 0.342 e. The van der Waals surface area contributed by atoms with Gasteiger partial charge in [-0.1, -0.05) is 28.1 Å². The van der Waals surface area contributed by atoms with Gasteiger partial charge in [0.15, 0.2) is 0 Å². The molecule has 1 aliphatic rings. The first-order valence-corrected chi connectivity index (χ1v) is 7.58. The van der Waals surface area contributed by atoms with Gasteiger partial charge in [0.05, 0.1) is 11.9 Å². The minimum absolute atomic E-state index is 0.385. The third-order valence-electron chi connectivity index (χ3n) is 3.89. The van der Waals surface area contributed by atoms with Crippen molar-refractivity contribution in [3.05, 3.63) is 40.8 Å². The van der Waals surface area contributed by atoms with Gasteiger partial charge < -0.3 is 10.7 Å². The van der Waals surface area contributed by atoms with Crippen LogP contribution in [0.1, 0.15) is 37.4 Å². The van der Waals surface area contributed by atoms with E-state index >= 15 is 0 Å². The monoisotopic (exact) mass is 319 g/mol. The van der Waals surface area contributed by atoms with Gasteiger partial charge >= 0.3 is 0 Å². The molecule has 1 aromatic heterocycles. The number of rotatable bonds is 2. The van der Waals surface area contributed by atoms with Crippen LogP contribution in [0.5, 0.6) is 0 Å². The number of nitrogens with zero attached hydrogens (tertiary/aromatic N) is 1. The first-order chi connectivity index (χ1) is 9.22. The van der Waals surface area contributed by atoms with Crippen LogP contribution in [0.2, 0.25) is 0 Å². The van der Waals surface area contributed by atoms with E-state index in [-0.39, 0.29) is 0 Å². The van der Waals surface area contributed by atoms with Gasteiger partial charge in [-0.25, -0.2) is 4.98 Å². The van der Waals surface area contributed by atoms with E-state index in [2.05, 4.69) is 38.0 Å². The standard InChI is InChI=1S/C15H18BrN3/c16-12-3-1-2-11(8-12)14-9-18-15(19-14)10-4-6-13(17)7-5-10/h1-3,8-10,13H,4-7,17H2,(H,18,19). The maximum Gasteiger partial charge on any atom is 0.109 e. The summed E-state index contributed by atoms with van der Waals surface area (Å²) < 4.78 is 1.09. The topological polar surface area (TPSA) is 54.7 Å². The van der Waals surface area contributed by atoms with Gasteiger partial charge in [-0.3, -0.25) is 0 Å². The zero-order chi connectivity index (χ0) is 13.2. The second-order valence-corrected chi connectivity index (χ2v) is 6.22. The molecule has 0 bridgehead atoms. The predicted molar refractivity (Wildman–Crippen MR) is 80.9 cm³/mol. The number of hydrogen-bond acceptors (Lipinski definition) is 2. The van der Waals surface area contributed by atoms with Crippen molar-refractivity contribution in [1.29, 1.82) is 0 Å². The van der Waals surface area contributed by atoms with Crippen LogP contribution in [-0.4, -0.2) is 16.0 Å². The minimum atomic E-state index is 0.385. The lowest BCUT2D eigenvalue weighted by Gasteiger charge is -2.24. The summed E-state index contributed by atoms with van der Waals surface area (Å²) in [5.41, 5.74) is 8.21. The van der Waals surface area contributed by atoms with Gasteiger partial charge in [0, 0.05) is 22.0 Å². The van der Waals surface area contributed by atoms with Gasteiger partial charge in [0.25, 0.3) is 0 Å². The summed E-state index contributed by atoms with van der Waals surface area (Å²) in [6.45, 7) is 0. The molecule has 100 valence electrons. The van der Waals surface area contributed by atoms with E-state index in [9.17, 15) is 0 Å². The Bertz CT molecular complexity index is 556. The van der Waals surface area contributed by atoms with Crippen LogP contribution < -0.4 is 5.73 Å². The van der Waals surface area contributed by atoms with Crippen molar-refractivity contribution in [3.8, 4) is 11.3 Å². The Kier molecular flexibility index (Phi) is 3.71. The van der Waals surface area contributed by atoms with E-state index in [1.165, 1.54) is 5.56 Å². The first-order valence-electron chi connectivity index (χ1n) is 6.79. The van der Waals surface area contributed by atoms with Crippen LogP contribution in [0.4, 0.5) is 0 Å². The van der Waals surface area contributed by atoms with Crippen molar-refractivity contribution in [1.82, 2.24) is 9.97 Å². The fraction of sp³-hybridized carbons (Fsp3) is 0.400. The summed E-state index contributed by atoms with van der Waals surface area (Å²) in [5.74, 6) is 1.66. The van der Waals surface area contributed by atoms with Crippen LogP contribution in [0, 0.1) is 0 Å². The van der Waals surface area contributed by atoms with Crippen molar-refractivity contribution >= 4 is 15.9 Å². The van der Waals surface area contributed by atoms with Crippen LogP contribution >= 0.6 is 15.9 Å². The molecule has 0 radical (unpaired) electrons. The number of nitrogens with two attached hydrogens (primary N) is 1. The van der Waals surface area contributed by atoms with Gasteiger partial charge in [-0.15, -0.1) is 0 Å². The molecule has 19 heavy (non-hydrogen) atoms. The SMILES string of the molecule is NC1CCC(c2ncc(-c3cccc(Br)c3)[nH]2)CC1. The quantitative estimate of drug-likeness (QED) is 0.884. The molecule has 3 rings (SSSR count). The Balaban J connectivity index is 1.80. The van der Waals surface area contributed by atoms with E-state index in [1.807, 2.05) is 18.3 Å². The van der Waals surface area contributed by atoms with Crippen LogP contribution in [0.3, 0.4) is 0 Å². The fourth-order valence-electron chi connectivity index (χ4n) is 2.74. The van der Waals surface area contributed by atoms with Crippen LogP contribution in [-0.2, 0) is 0 Å². The molecule has 0 saturated heterocycles. The van der Waals surface area contributed by atoms with E-state index in [1.54, 1.807) is 0 Å². The Morgan fingerprint density at radius 2 is 2.00 bits per heavy atom. The molecule has 1 aromatic carbocycles. The highest BCUT2D eigenvalue weighted by Crippen LogP contribution is 2.32. The second-order valence-electron chi connectivity index (χ2n) is 5.30. The highest BCUT2D eigenvalue weighted by atomic mass is 79.9. The molecular formula is C15H18BrN3. The number of halogens is 1. The van der Waals surface area contributed by atoms with Crippen molar-refractivity contribution in [2.75, 3.05) is 0 Å². The molecule has 1 fully saturated rings. The number of nitrogens with one attached hydrogen (secondary N) is 1. The third-order valence-corrected chi connectivity index (χ3v) is 4.38. The number of imidazole rings is 1. The Morgan fingerprint density at radius 3 is 2.74 bits per heavy atom. The lowest BCUT2D eigenvalue weighted by molar-refractivity contribution is 0.386. The van der Waals surface area contributed by atoms with Gasteiger partial charge in [-0.05, 0) is 37.8 Å². The lowest BCUT2D eigenvalue weighted by atomic mass is 9.86. The molecule has 1 heterocycles. The molecule has 0 spiro atoms. The number of benzene rings is 1. The first kappa shape index (κ1) is 12.9. The molecule has 2 aromatic rings. The maximum absolute atomic E-state index is 5.95. The average molecular weight is 320 g/mol. The average Bonchev–Trinajstić information content (AvgIpc) is 2.89. The van der Waals surface area contributed by atoms with E-state index in [0.717, 1.165) is 41.7 Å². The van der Waals surface area contributed by atoms with Crippen LogP contribution in [0.15, 0.2) is 34.9 Å². The Hall–Kier alpha value is -1.13. The maximum atomic E-state index is 5.95.